The zero-order valence-corrected chi connectivity index (χ0v) is 25.8. The highest BCUT2D eigenvalue weighted by Gasteiger charge is 2.22. The summed E-state index contributed by atoms with van der Waals surface area (Å²) in [7, 11) is -3.61. The van der Waals surface area contributed by atoms with Gasteiger partial charge in [-0.2, -0.15) is 0 Å². The average molecular weight is 626 g/mol. The first-order valence-corrected chi connectivity index (χ1v) is 16.8. The summed E-state index contributed by atoms with van der Waals surface area (Å²) in [6.07, 6.45) is 8.15. The third-order valence-corrected chi connectivity index (χ3v) is 9.70. The van der Waals surface area contributed by atoms with Crippen LogP contribution in [0.4, 0.5) is 17.3 Å². The van der Waals surface area contributed by atoms with Crippen molar-refractivity contribution in [2.75, 3.05) is 55.5 Å². The van der Waals surface area contributed by atoms with E-state index in [4.69, 9.17) is 30.8 Å². The van der Waals surface area contributed by atoms with E-state index in [1.54, 1.807) is 19.2 Å². The number of anilines is 3. The second kappa shape index (κ2) is 13.0. The highest BCUT2D eigenvalue weighted by Crippen LogP contribution is 2.38. The van der Waals surface area contributed by atoms with Crippen LogP contribution in [-0.4, -0.2) is 67.6 Å². The number of hydrogen-bond donors (Lipinski definition) is 1. The Kier molecular flexibility index (Phi) is 8.92. The largest absolute Gasteiger partial charge is 0.494 e. The molecule has 7 rings (SSSR count). The van der Waals surface area contributed by atoms with Gasteiger partial charge in [-0.05, 0) is 44.0 Å². The van der Waals surface area contributed by atoms with Gasteiger partial charge in [0.15, 0.2) is 0 Å². The molecule has 0 amide bonds. The maximum Gasteiger partial charge on any atom is 0.238 e. The first kappa shape index (κ1) is 29.5. The lowest BCUT2D eigenvalue weighted by Crippen LogP contribution is -2.36. The Bertz CT molecular complexity index is 1700. The fourth-order valence-corrected chi connectivity index (χ4v) is 6.64. The SMILES string of the molecule is CCS(=O)(=O)n1cc2c3ccc(cc31)OCCCCCCCOc1cc(ccc1N1CCOCC1)Nc1ncc(Cl)c-2n1. The monoisotopic (exact) mass is 625 g/mol. The minimum Gasteiger partial charge on any atom is -0.494 e. The van der Waals surface area contributed by atoms with E-state index in [2.05, 4.69) is 21.3 Å². The van der Waals surface area contributed by atoms with Crippen LogP contribution < -0.4 is 19.7 Å². The van der Waals surface area contributed by atoms with Crippen LogP contribution in [0.5, 0.6) is 11.5 Å². The van der Waals surface area contributed by atoms with E-state index < -0.39 is 10.0 Å². The summed E-state index contributed by atoms with van der Waals surface area (Å²) in [6, 6.07) is 11.5. The molecule has 228 valence electrons. The minimum absolute atomic E-state index is 0.0591. The molecule has 4 aromatic rings. The Labute approximate surface area is 257 Å². The Morgan fingerprint density at radius 1 is 0.953 bits per heavy atom. The Hall–Kier alpha value is -3.54. The lowest BCUT2D eigenvalue weighted by atomic mass is 10.1. The molecule has 43 heavy (non-hydrogen) atoms. The molecule has 0 atom stereocenters. The zero-order chi connectivity index (χ0) is 29.8. The number of nitrogens with zero attached hydrogens (tertiary/aromatic N) is 4. The molecule has 8 bridgehead atoms. The van der Waals surface area contributed by atoms with Crippen molar-refractivity contribution in [3.8, 4) is 22.8 Å². The van der Waals surface area contributed by atoms with Crippen LogP contribution in [0.1, 0.15) is 39.0 Å². The van der Waals surface area contributed by atoms with Gasteiger partial charge in [-0.1, -0.05) is 30.9 Å². The van der Waals surface area contributed by atoms with Gasteiger partial charge in [0.05, 0.1) is 60.3 Å². The summed E-state index contributed by atoms with van der Waals surface area (Å²) in [4.78, 5) is 11.4. The van der Waals surface area contributed by atoms with Crippen LogP contribution in [-0.2, 0) is 14.8 Å². The van der Waals surface area contributed by atoms with Gasteiger partial charge in [0.1, 0.15) is 11.5 Å². The molecular formula is C31H36ClN5O5S. The second-order valence-electron chi connectivity index (χ2n) is 10.7. The molecule has 1 saturated heterocycles. The van der Waals surface area contributed by atoms with Gasteiger partial charge in [-0.15, -0.1) is 0 Å². The molecule has 10 nitrogen and oxygen atoms in total. The van der Waals surface area contributed by atoms with Crippen molar-refractivity contribution in [3.05, 3.63) is 53.8 Å². The van der Waals surface area contributed by atoms with Gasteiger partial charge >= 0.3 is 0 Å². The molecule has 1 N–H and O–H groups in total. The van der Waals surface area contributed by atoms with Gasteiger partial charge < -0.3 is 24.4 Å². The molecule has 0 spiro atoms. The molecule has 0 aliphatic carbocycles. The van der Waals surface area contributed by atoms with Crippen LogP contribution in [0.3, 0.4) is 0 Å². The quantitative estimate of drug-likeness (QED) is 0.282. The normalized spacial score (nSPS) is 16.7. The molecule has 1 fully saturated rings. The smallest absolute Gasteiger partial charge is 0.238 e. The van der Waals surface area contributed by atoms with E-state index in [0.29, 0.717) is 65.3 Å². The maximum atomic E-state index is 13.1. The van der Waals surface area contributed by atoms with Crippen molar-refractivity contribution < 1.29 is 22.6 Å². The lowest BCUT2D eigenvalue weighted by molar-refractivity contribution is 0.122. The van der Waals surface area contributed by atoms with Crippen molar-refractivity contribution in [3.63, 3.8) is 0 Å². The van der Waals surface area contributed by atoms with Crippen molar-refractivity contribution in [2.24, 2.45) is 0 Å². The fourth-order valence-electron chi connectivity index (χ4n) is 5.45. The van der Waals surface area contributed by atoms with Crippen LogP contribution in [0.15, 0.2) is 48.8 Å². The third kappa shape index (κ3) is 6.53. The Balaban J connectivity index is 1.42. The van der Waals surface area contributed by atoms with E-state index in [0.717, 1.165) is 62.3 Å². The molecule has 0 radical (unpaired) electrons. The average Bonchev–Trinajstić information content (AvgIpc) is 3.41. The van der Waals surface area contributed by atoms with E-state index in [1.807, 2.05) is 24.3 Å². The van der Waals surface area contributed by atoms with Crippen LogP contribution in [0.25, 0.3) is 22.2 Å². The summed E-state index contributed by atoms with van der Waals surface area (Å²) in [5.41, 5.74) is 3.34. The molecule has 0 unspecified atom stereocenters. The molecule has 5 heterocycles. The molecular weight excluding hydrogens is 590 g/mol. The topological polar surface area (TPSA) is 108 Å². The van der Waals surface area contributed by atoms with Crippen LogP contribution in [0, 0.1) is 0 Å². The van der Waals surface area contributed by atoms with E-state index >= 15 is 0 Å². The standard InChI is InChI=1S/C31H36ClN5O5S/c1-2-43(38,39)37-21-25-24-10-9-23(19-28(24)37)41-14-6-4-3-5-7-15-42-29-18-22(34-31-33-20-26(32)30(25)35-31)8-11-27(29)36-12-16-40-17-13-36/h8-11,18-21H,2-7,12-17H2,1H3,(H,33,34,35). The molecule has 3 aliphatic rings. The van der Waals surface area contributed by atoms with Crippen molar-refractivity contribution in [1.82, 2.24) is 13.9 Å². The Morgan fingerprint density at radius 3 is 2.51 bits per heavy atom. The van der Waals surface area contributed by atoms with Crippen LogP contribution >= 0.6 is 11.6 Å². The summed E-state index contributed by atoms with van der Waals surface area (Å²) in [5.74, 6) is 1.69. The highest BCUT2D eigenvalue weighted by atomic mass is 35.5. The van der Waals surface area contributed by atoms with Gasteiger partial charge in [0.25, 0.3) is 0 Å². The van der Waals surface area contributed by atoms with Gasteiger partial charge in [-0.3, -0.25) is 0 Å². The van der Waals surface area contributed by atoms with E-state index in [1.165, 1.54) is 10.2 Å². The number of fused-ring (bicyclic) bond motifs is 9. The van der Waals surface area contributed by atoms with Gasteiger partial charge in [0.2, 0.25) is 16.0 Å². The second-order valence-corrected chi connectivity index (χ2v) is 13.2. The first-order chi connectivity index (χ1) is 20.9. The first-order valence-electron chi connectivity index (χ1n) is 14.8. The maximum absolute atomic E-state index is 13.1. The van der Waals surface area contributed by atoms with Crippen molar-refractivity contribution in [1.29, 1.82) is 0 Å². The van der Waals surface area contributed by atoms with E-state index in [9.17, 15) is 8.42 Å². The zero-order valence-electron chi connectivity index (χ0n) is 24.2. The number of halogens is 1. The number of aromatic nitrogens is 3. The molecule has 2 aromatic heterocycles. The summed E-state index contributed by atoms with van der Waals surface area (Å²) in [6.45, 7) is 5.77. The fraction of sp³-hybridized carbons (Fsp3) is 0.419. The van der Waals surface area contributed by atoms with Gasteiger partial charge in [0, 0.05) is 48.1 Å². The number of rotatable bonds is 3. The highest BCUT2D eigenvalue weighted by molar-refractivity contribution is 7.90. The molecule has 2 aromatic carbocycles. The molecule has 0 saturated carbocycles. The number of nitrogens with one attached hydrogen (secondary N) is 1. The molecule has 12 heteroatoms. The Morgan fingerprint density at radius 2 is 1.72 bits per heavy atom. The summed E-state index contributed by atoms with van der Waals surface area (Å²) in [5, 5.41) is 4.31. The number of morpholine rings is 1. The number of ether oxygens (including phenoxy) is 3. The predicted molar refractivity (Wildman–Crippen MR) is 170 cm³/mol. The van der Waals surface area contributed by atoms with E-state index in [-0.39, 0.29) is 5.75 Å². The van der Waals surface area contributed by atoms with Crippen LogP contribution in [0.2, 0.25) is 5.02 Å². The summed E-state index contributed by atoms with van der Waals surface area (Å²) < 4.78 is 45.5. The minimum atomic E-state index is -3.61. The lowest BCUT2D eigenvalue weighted by Gasteiger charge is -2.30. The third-order valence-electron chi connectivity index (χ3n) is 7.79. The molecule has 3 aliphatic heterocycles. The van der Waals surface area contributed by atoms with Gasteiger partial charge in [-0.25, -0.2) is 22.4 Å². The van der Waals surface area contributed by atoms with Crippen molar-refractivity contribution in [2.45, 2.75) is 39.0 Å². The predicted octanol–water partition coefficient (Wildman–Crippen LogP) is 6.25. The number of hydrogen-bond acceptors (Lipinski definition) is 9. The number of benzene rings is 2. The summed E-state index contributed by atoms with van der Waals surface area (Å²) >= 11 is 6.63. The van der Waals surface area contributed by atoms with Crippen molar-refractivity contribution >= 4 is 49.9 Å².